The van der Waals surface area contributed by atoms with Crippen LogP contribution in [0.2, 0.25) is 0 Å². The maximum atomic E-state index is 14.2. The largest absolute Gasteiger partial charge is 0.487 e. The molecule has 0 saturated heterocycles. The highest BCUT2D eigenvalue weighted by Gasteiger charge is 2.32. The van der Waals surface area contributed by atoms with E-state index in [2.05, 4.69) is 106 Å². The van der Waals surface area contributed by atoms with Crippen molar-refractivity contribution < 1.29 is 4.74 Å². The fourth-order valence-corrected chi connectivity index (χ4v) is 8.71. The van der Waals surface area contributed by atoms with Crippen molar-refractivity contribution in [2.24, 2.45) is 4.99 Å². The lowest BCUT2D eigenvalue weighted by atomic mass is 9.83. The summed E-state index contributed by atoms with van der Waals surface area (Å²) >= 11 is 6.10. The fraction of sp³-hybridized carbons (Fsp3) is 0.118. The lowest BCUT2D eigenvalue weighted by molar-refractivity contribution is 0.303. The summed E-state index contributed by atoms with van der Waals surface area (Å²) in [6.45, 7) is 0.458. The van der Waals surface area contributed by atoms with Gasteiger partial charge in [0.25, 0.3) is 5.56 Å². The molecule has 41 heavy (non-hydrogen) atoms. The lowest BCUT2D eigenvalue weighted by Gasteiger charge is -2.30. The molecular formula is C34H24I2N2O2S. The number of hydrogen-bond donors (Lipinski definition) is 0. The van der Waals surface area contributed by atoms with Crippen LogP contribution in [-0.2, 0) is 13.0 Å². The van der Waals surface area contributed by atoms with E-state index < -0.39 is 0 Å². The third-order valence-corrected chi connectivity index (χ3v) is 9.95. The van der Waals surface area contributed by atoms with Gasteiger partial charge >= 0.3 is 0 Å². The number of rotatable bonds is 5. The Hall–Kier alpha value is -3.02. The third-order valence-electron chi connectivity index (χ3n) is 7.54. The van der Waals surface area contributed by atoms with Gasteiger partial charge in [-0.2, -0.15) is 0 Å². The second-order valence-corrected chi connectivity index (χ2v) is 13.5. The van der Waals surface area contributed by atoms with Gasteiger partial charge in [-0.3, -0.25) is 9.36 Å². The monoisotopic (exact) mass is 778 g/mol. The Morgan fingerprint density at radius 3 is 2.46 bits per heavy atom. The van der Waals surface area contributed by atoms with Crippen LogP contribution in [0.25, 0.3) is 11.8 Å². The van der Waals surface area contributed by atoms with Gasteiger partial charge in [0.2, 0.25) is 0 Å². The van der Waals surface area contributed by atoms with E-state index in [1.165, 1.54) is 28.0 Å². The number of fused-ring (bicyclic) bond motifs is 3. The third kappa shape index (κ3) is 5.12. The number of hydrogen-bond acceptors (Lipinski definition) is 4. The number of nitrogens with zero attached hydrogens (tertiary/aromatic N) is 2. The molecule has 0 fully saturated rings. The molecule has 1 aliphatic heterocycles. The van der Waals surface area contributed by atoms with Crippen LogP contribution in [0.5, 0.6) is 5.75 Å². The summed E-state index contributed by atoms with van der Waals surface area (Å²) in [5.74, 6) is 0.786. The Morgan fingerprint density at radius 1 is 0.927 bits per heavy atom. The molecule has 1 atom stereocenters. The van der Waals surface area contributed by atoms with Crippen LogP contribution in [0.15, 0.2) is 112 Å². The van der Waals surface area contributed by atoms with Gasteiger partial charge < -0.3 is 4.74 Å². The van der Waals surface area contributed by atoms with Crippen molar-refractivity contribution >= 4 is 68.3 Å². The molecule has 5 aromatic rings. The van der Waals surface area contributed by atoms with E-state index in [1.54, 1.807) is 0 Å². The molecule has 202 valence electrons. The van der Waals surface area contributed by atoms with E-state index in [0.717, 1.165) is 52.9 Å². The molecule has 2 heterocycles. The standard InChI is InChI=1S/C34H24I2N2O2S/c35-25-17-24(32(28(36)19-25)40-20-21-9-3-1-4-10-21)18-29-33(39)38-31(23-12-5-2-6-13-23)27-16-15-22-11-7-8-14-26(22)30(27)37-34(38)41-29/h1-14,17-19,31H,15-16,20H2/b29-18+/t31-/m1/s1. The number of ether oxygens (including phenoxy) is 1. The first-order valence-corrected chi connectivity index (χ1v) is 16.4. The van der Waals surface area contributed by atoms with Gasteiger partial charge in [0, 0.05) is 14.7 Å². The summed E-state index contributed by atoms with van der Waals surface area (Å²) in [6.07, 6.45) is 3.81. The number of halogens is 2. The minimum absolute atomic E-state index is 0.0177. The zero-order valence-corrected chi connectivity index (χ0v) is 27.0. The van der Waals surface area contributed by atoms with Crippen LogP contribution in [-0.4, -0.2) is 4.57 Å². The van der Waals surface area contributed by atoms with E-state index in [4.69, 9.17) is 9.73 Å². The normalized spacial score (nSPS) is 16.0. The van der Waals surface area contributed by atoms with Gasteiger partial charge in [0.1, 0.15) is 12.4 Å². The highest BCUT2D eigenvalue weighted by Crippen LogP contribution is 2.41. The average Bonchev–Trinajstić information content (AvgIpc) is 3.30. The summed E-state index contributed by atoms with van der Waals surface area (Å²) in [6, 6.07) is 33.0. The first-order valence-electron chi connectivity index (χ1n) is 13.4. The molecule has 0 bridgehead atoms. The molecule has 0 unspecified atom stereocenters. The predicted octanol–water partition coefficient (Wildman–Crippen LogP) is 7.11. The molecule has 0 amide bonds. The molecule has 1 aliphatic carbocycles. The van der Waals surface area contributed by atoms with E-state index in [-0.39, 0.29) is 11.6 Å². The number of aromatic nitrogens is 1. The Labute approximate surface area is 269 Å². The summed E-state index contributed by atoms with van der Waals surface area (Å²) in [5.41, 5.74) is 7.81. The highest BCUT2D eigenvalue weighted by molar-refractivity contribution is 14.1. The first-order chi connectivity index (χ1) is 20.1. The zero-order chi connectivity index (χ0) is 27.9. The molecule has 7 rings (SSSR count). The van der Waals surface area contributed by atoms with Crippen molar-refractivity contribution in [2.75, 3.05) is 0 Å². The van der Waals surface area contributed by atoms with Gasteiger partial charge in [0.15, 0.2) is 4.80 Å². The SMILES string of the molecule is O=c1/c(=C\c2cc(I)cc(I)c2OCc2ccccc2)sc2n1[C@H](c1ccccc1)C1=C(N=2)c2ccccc2CC1. The average molecular weight is 778 g/mol. The van der Waals surface area contributed by atoms with Crippen LogP contribution in [0, 0.1) is 7.14 Å². The van der Waals surface area contributed by atoms with E-state index >= 15 is 0 Å². The molecule has 0 N–H and O–H groups in total. The Bertz CT molecular complexity index is 2000. The second kappa shape index (κ2) is 11.3. The topological polar surface area (TPSA) is 43.6 Å². The minimum atomic E-state index is -0.178. The molecule has 4 aromatic carbocycles. The van der Waals surface area contributed by atoms with Crippen molar-refractivity contribution in [3.8, 4) is 5.75 Å². The fourth-order valence-electron chi connectivity index (χ4n) is 5.67. The van der Waals surface area contributed by atoms with E-state index in [0.29, 0.717) is 11.1 Å². The Kier molecular flexibility index (Phi) is 7.43. The van der Waals surface area contributed by atoms with Crippen molar-refractivity contribution in [3.05, 3.63) is 157 Å². The second-order valence-electron chi connectivity index (χ2n) is 10.1. The molecular weight excluding hydrogens is 754 g/mol. The number of thiazole rings is 1. The van der Waals surface area contributed by atoms with Crippen LogP contribution >= 0.6 is 56.5 Å². The molecule has 0 saturated carbocycles. The maximum Gasteiger partial charge on any atom is 0.271 e. The summed E-state index contributed by atoms with van der Waals surface area (Å²) < 4.78 is 11.0. The van der Waals surface area contributed by atoms with Gasteiger partial charge in [-0.25, -0.2) is 4.99 Å². The van der Waals surface area contributed by atoms with Gasteiger partial charge in [0.05, 0.1) is 19.8 Å². The maximum absolute atomic E-state index is 14.2. The molecule has 0 spiro atoms. The van der Waals surface area contributed by atoms with Crippen molar-refractivity contribution in [1.29, 1.82) is 0 Å². The van der Waals surface area contributed by atoms with Gasteiger partial charge in [-0.05, 0) is 98.5 Å². The first kappa shape index (κ1) is 26.9. The summed E-state index contributed by atoms with van der Waals surface area (Å²) in [4.78, 5) is 20.1. The zero-order valence-electron chi connectivity index (χ0n) is 21.9. The number of aryl methyl sites for hydroxylation is 1. The van der Waals surface area contributed by atoms with Crippen molar-refractivity contribution in [1.82, 2.24) is 4.57 Å². The highest BCUT2D eigenvalue weighted by atomic mass is 127. The molecule has 0 radical (unpaired) electrons. The van der Waals surface area contributed by atoms with E-state index in [1.807, 2.05) is 47.0 Å². The molecule has 2 aliphatic rings. The lowest BCUT2D eigenvalue weighted by Crippen LogP contribution is -2.38. The van der Waals surface area contributed by atoms with Crippen LogP contribution in [0.1, 0.15) is 40.3 Å². The Morgan fingerprint density at radius 2 is 1.66 bits per heavy atom. The van der Waals surface area contributed by atoms with Crippen molar-refractivity contribution in [3.63, 3.8) is 0 Å². The number of allylic oxidation sites excluding steroid dienone is 1. The summed E-state index contributed by atoms with van der Waals surface area (Å²) in [7, 11) is 0. The predicted molar refractivity (Wildman–Crippen MR) is 182 cm³/mol. The van der Waals surface area contributed by atoms with Crippen molar-refractivity contribution in [2.45, 2.75) is 25.5 Å². The molecule has 7 heteroatoms. The van der Waals surface area contributed by atoms with E-state index in [9.17, 15) is 4.79 Å². The Balaban J connectivity index is 1.40. The van der Waals surface area contributed by atoms with Crippen LogP contribution in [0.4, 0.5) is 0 Å². The molecule has 4 nitrogen and oxygen atoms in total. The minimum Gasteiger partial charge on any atom is -0.487 e. The quantitative estimate of drug-likeness (QED) is 0.179. The summed E-state index contributed by atoms with van der Waals surface area (Å²) in [5, 5.41) is 0. The van der Waals surface area contributed by atoms with Gasteiger partial charge in [-0.15, -0.1) is 0 Å². The van der Waals surface area contributed by atoms with Crippen LogP contribution < -0.4 is 19.6 Å². The number of benzene rings is 4. The molecule has 1 aromatic heterocycles. The van der Waals surface area contributed by atoms with Gasteiger partial charge in [-0.1, -0.05) is 96.3 Å². The van der Waals surface area contributed by atoms with Crippen LogP contribution in [0.3, 0.4) is 0 Å². The smallest absolute Gasteiger partial charge is 0.271 e.